The lowest BCUT2D eigenvalue weighted by atomic mass is 9.95. The molecule has 0 radical (unpaired) electrons. The Morgan fingerprint density at radius 3 is 2.50 bits per heavy atom. The second-order valence-corrected chi connectivity index (χ2v) is 4.54. The quantitative estimate of drug-likeness (QED) is 0.760. The third-order valence-corrected chi connectivity index (χ3v) is 3.08. The van der Waals surface area contributed by atoms with Crippen LogP contribution < -0.4 is 5.32 Å². The van der Waals surface area contributed by atoms with Crippen molar-refractivity contribution in [2.45, 2.75) is 46.1 Å². The maximum Gasteiger partial charge on any atom is 0.0323 e. The first-order valence-corrected chi connectivity index (χ1v) is 6.41. The number of hydrogen-bond donors (Lipinski definition) is 1. The molecule has 1 N–H and O–H groups in total. The fourth-order valence-corrected chi connectivity index (χ4v) is 1.82. The summed E-state index contributed by atoms with van der Waals surface area (Å²) in [7, 11) is 0. The van der Waals surface area contributed by atoms with Gasteiger partial charge in [-0.3, -0.25) is 4.98 Å². The molecule has 1 rings (SSSR count). The van der Waals surface area contributed by atoms with Crippen LogP contribution in [0.15, 0.2) is 24.5 Å². The molecule has 0 amide bonds. The van der Waals surface area contributed by atoms with E-state index in [-0.39, 0.29) is 0 Å². The van der Waals surface area contributed by atoms with E-state index in [4.69, 9.17) is 0 Å². The van der Waals surface area contributed by atoms with E-state index >= 15 is 0 Å². The van der Waals surface area contributed by atoms with Crippen molar-refractivity contribution in [3.8, 4) is 0 Å². The maximum absolute atomic E-state index is 4.08. The van der Waals surface area contributed by atoms with Crippen LogP contribution in [0.5, 0.6) is 0 Å². The lowest BCUT2D eigenvalue weighted by molar-refractivity contribution is 0.402. The molecule has 0 bridgehead atoms. The predicted octanol–water partition coefficient (Wildman–Crippen LogP) is 3.56. The molecule has 1 heterocycles. The van der Waals surface area contributed by atoms with Gasteiger partial charge in [0.25, 0.3) is 0 Å². The minimum atomic E-state index is 0.484. The van der Waals surface area contributed by atoms with Crippen LogP contribution in [0.25, 0.3) is 0 Å². The molecule has 0 saturated carbocycles. The molecule has 0 fully saturated rings. The molecule has 2 nitrogen and oxygen atoms in total. The first-order valence-electron chi connectivity index (χ1n) is 6.41. The van der Waals surface area contributed by atoms with E-state index in [1.807, 2.05) is 12.4 Å². The van der Waals surface area contributed by atoms with Gasteiger partial charge >= 0.3 is 0 Å². The van der Waals surface area contributed by atoms with E-state index in [1.165, 1.54) is 24.8 Å². The number of aromatic nitrogens is 1. The molecule has 0 spiro atoms. The Labute approximate surface area is 99.5 Å². The molecule has 1 aromatic rings. The lowest BCUT2D eigenvalue weighted by Crippen LogP contribution is -2.24. The highest BCUT2D eigenvalue weighted by Gasteiger charge is 2.13. The zero-order valence-electron chi connectivity index (χ0n) is 10.7. The number of nitrogens with zero attached hydrogens (tertiary/aromatic N) is 1. The topological polar surface area (TPSA) is 24.9 Å². The molecule has 0 aliphatic heterocycles. The van der Waals surface area contributed by atoms with E-state index < -0.39 is 0 Å². The van der Waals surface area contributed by atoms with E-state index in [2.05, 4.69) is 43.2 Å². The van der Waals surface area contributed by atoms with Crippen molar-refractivity contribution in [2.24, 2.45) is 5.92 Å². The second-order valence-electron chi connectivity index (χ2n) is 4.54. The number of rotatable bonds is 7. The Kier molecular flexibility index (Phi) is 6.09. The highest BCUT2D eigenvalue weighted by Crippen LogP contribution is 2.22. The average molecular weight is 220 g/mol. The Hall–Kier alpha value is -0.890. The van der Waals surface area contributed by atoms with Crippen LogP contribution in [-0.4, -0.2) is 11.5 Å². The smallest absolute Gasteiger partial charge is 0.0323 e. The van der Waals surface area contributed by atoms with Crippen molar-refractivity contribution in [1.82, 2.24) is 10.3 Å². The van der Waals surface area contributed by atoms with Gasteiger partial charge in [-0.1, -0.05) is 27.2 Å². The van der Waals surface area contributed by atoms with Gasteiger partial charge in [0.15, 0.2) is 0 Å². The van der Waals surface area contributed by atoms with Crippen molar-refractivity contribution in [1.29, 1.82) is 0 Å². The second kappa shape index (κ2) is 7.39. The normalized spacial score (nSPS) is 14.7. The van der Waals surface area contributed by atoms with Crippen LogP contribution in [0, 0.1) is 5.92 Å². The molecule has 0 aliphatic rings. The van der Waals surface area contributed by atoms with Crippen LogP contribution in [0.4, 0.5) is 0 Å². The molecule has 2 heteroatoms. The molecular formula is C14H24N2. The summed E-state index contributed by atoms with van der Waals surface area (Å²) in [6, 6.07) is 4.73. The predicted molar refractivity (Wildman–Crippen MR) is 69.3 cm³/mol. The highest BCUT2D eigenvalue weighted by atomic mass is 14.9. The molecule has 1 aromatic heterocycles. The van der Waals surface area contributed by atoms with Crippen LogP contribution in [0.3, 0.4) is 0 Å². The first-order chi connectivity index (χ1) is 7.77. The van der Waals surface area contributed by atoms with Gasteiger partial charge < -0.3 is 5.32 Å². The van der Waals surface area contributed by atoms with Gasteiger partial charge in [0.2, 0.25) is 0 Å². The fourth-order valence-electron chi connectivity index (χ4n) is 1.82. The van der Waals surface area contributed by atoms with E-state index in [0.717, 1.165) is 12.5 Å². The van der Waals surface area contributed by atoms with Crippen molar-refractivity contribution >= 4 is 0 Å². The van der Waals surface area contributed by atoms with Crippen LogP contribution in [0.1, 0.15) is 51.6 Å². The fraction of sp³-hybridized carbons (Fsp3) is 0.643. The van der Waals surface area contributed by atoms with Gasteiger partial charge in [-0.05, 0) is 43.0 Å². The minimum Gasteiger partial charge on any atom is -0.310 e. The van der Waals surface area contributed by atoms with E-state index in [0.29, 0.717) is 6.04 Å². The Bertz CT molecular complexity index is 271. The number of pyridine rings is 1. The van der Waals surface area contributed by atoms with Gasteiger partial charge in [0, 0.05) is 18.4 Å². The van der Waals surface area contributed by atoms with Crippen molar-refractivity contribution in [2.75, 3.05) is 6.54 Å². The zero-order valence-corrected chi connectivity index (χ0v) is 10.7. The third kappa shape index (κ3) is 4.31. The van der Waals surface area contributed by atoms with E-state index in [9.17, 15) is 0 Å². The monoisotopic (exact) mass is 220 g/mol. The SMILES string of the molecule is CCCNC(CC(C)CC)c1ccncc1. The molecule has 2 unspecified atom stereocenters. The summed E-state index contributed by atoms with van der Waals surface area (Å²) < 4.78 is 0. The van der Waals surface area contributed by atoms with Crippen LogP contribution in [0.2, 0.25) is 0 Å². The number of nitrogens with one attached hydrogen (secondary N) is 1. The molecule has 16 heavy (non-hydrogen) atoms. The molecule has 2 atom stereocenters. The van der Waals surface area contributed by atoms with Gasteiger partial charge in [-0.2, -0.15) is 0 Å². The van der Waals surface area contributed by atoms with Crippen molar-refractivity contribution < 1.29 is 0 Å². The third-order valence-electron chi connectivity index (χ3n) is 3.08. The molecule has 90 valence electrons. The summed E-state index contributed by atoms with van der Waals surface area (Å²) in [5.74, 6) is 0.766. The Morgan fingerprint density at radius 1 is 1.25 bits per heavy atom. The van der Waals surface area contributed by atoms with Gasteiger partial charge in [0.05, 0.1) is 0 Å². The summed E-state index contributed by atoms with van der Waals surface area (Å²) in [4.78, 5) is 4.08. The minimum absolute atomic E-state index is 0.484. The highest BCUT2D eigenvalue weighted by molar-refractivity contribution is 5.15. The summed E-state index contributed by atoms with van der Waals surface area (Å²) in [5.41, 5.74) is 1.36. The average Bonchev–Trinajstić information content (AvgIpc) is 2.35. The molecule has 0 saturated heterocycles. The van der Waals surface area contributed by atoms with Crippen molar-refractivity contribution in [3.05, 3.63) is 30.1 Å². The molecule has 0 aliphatic carbocycles. The summed E-state index contributed by atoms with van der Waals surface area (Å²) in [6.45, 7) is 7.87. The Morgan fingerprint density at radius 2 is 1.94 bits per heavy atom. The van der Waals surface area contributed by atoms with Gasteiger partial charge in [-0.25, -0.2) is 0 Å². The summed E-state index contributed by atoms with van der Waals surface area (Å²) in [6.07, 6.45) is 7.40. The summed E-state index contributed by atoms with van der Waals surface area (Å²) in [5, 5.41) is 3.62. The molecule has 0 aromatic carbocycles. The van der Waals surface area contributed by atoms with Gasteiger partial charge in [0.1, 0.15) is 0 Å². The summed E-state index contributed by atoms with van der Waals surface area (Å²) >= 11 is 0. The van der Waals surface area contributed by atoms with Crippen LogP contribution >= 0.6 is 0 Å². The van der Waals surface area contributed by atoms with E-state index in [1.54, 1.807) is 0 Å². The Balaban J connectivity index is 2.63. The maximum atomic E-state index is 4.08. The van der Waals surface area contributed by atoms with Crippen molar-refractivity contribution in [3.63, 3.8) is 0 Å². The molecular weight excluding hydrogens is 196 g/mol. The standard InChI is InChI=1S/C14H24N2/c1-4-8-16-14(11-12(3)5-2)13-6-9-15-10-7-13/h6-7,9-10,12,14,16H,4-5,8,11H2,1-3H3. The van der Waals surface area contributed by atoms with Gasteiger partial charge in [-0.15, -0.1) is 0 Å². The van der Waals surface area contributed by atoms with Crippen LogP contribution in [-0.2, 0) is 0 Å². The zero-order chi connectivity index (χ0) is 11.8. The number of hydrogen-bond acceptors (Lipinski definition) is 2. The largest absolute Gasteiger partial charge is 0.310 e. The lowest BCUT2D eigenvalue weighted by Gasteiger charge is -2.22. The first kappa shape index (κ1) is 13.2.